The van der Waals surface area contributed by atoms with Crippen molar-refractivity contribution in [3.63, 3.8) is 0 Å². The van der Waals surface area contributed by atoms with Gasteiger partial charge in [0.05, 0.1) is 12.6 Å². The summed E-state index contributed by atoms with van der Waals surface area (Å²) >= 11 is 11.6. The Labute approximate surface area is 186 Å². The minimum Gasteiger partial charge on any atom is -0.467 e. The molecule has 2 aromatic rings. The third kappa shape index (κ3) is 3.62. The number of thiocarbonyl (C=S) groups is 1. The smallest absolute Gasteiger partial charge is 0.236 e. The van der Waals surface area contributed by atoms with Crippen molar-refractivity contribution in [2.45, 2.75) is 25.6 Å². The van der Waals surface area contributed by atoms with Gasteiger partial charge in [-0.15, -0.1) is 0 Å². The summed E-state index contributed by atoms with van der Waals surface area (Å²) in [5.41, 5.74) is 1.72. The predicted octanol–water partition coefficient (Wildman–Crippen LogP) is 3.89. The first-order valence-electron chi connectivity index (χ1n) is 9.76. The summed E-state index contributed by atoms with van der Waals surface area (Å²) in [5, 5.41) is 7.55. The van der Waals surface area contributed by atoms with Crippen molar-refractivity contribution < 1.29 is 14.3 Å². The zero-order valence-corrected chi connectivity index (χ0v) is 18.6. The summed E-state index contributed by atoms with van der Waals surface area (Å²) in [7, 11) is 1.64. The molecule has 0 aliphatic carbocycles. The van der Waals surface area contributed by atoms with Crippen LogP contribution >= 0.6 is 23.8 Å². The monoisotopic (exact) mass is 445 g/mol. The SMILES string of the molecule is COCCN1C(=S)N[C@H]2c3cc(C)ccc3O[C@@]1(C)[C@@H]2C(=O)Nc1ccc(Cl)cc1. The molecular formula is C22H24ClN3O3S. The topological polar surface area (TPSA) is 62.8 Å². The highest BCUT2D eigenvalue weighted by molar-refractivity contribution is 7.80. The van der Waals surface area contributed by atoms with Crippen LogP contribution in [-0.2, 0) is 9.53 Å². The minimum atomic E-state index is -0.968. The van der Waals surface area contributed by atoms with Crippen molar-refractivity contribution in [3.8, 4) is 5.75 Å². The lowest BCUT2D eigenvalue weighted by molar-refractivity contribution is -0.150. The molecule has 0 radical (unpaired) electrons. The fraction of sp³-hybridized carbons (Fsp3) is 0.364. The highest BCUT2D eigenvalue weighted by Gasteiger charge is 2.58. The van der Waals surface area contributed by atoms with Crippen LogP contribution in [0.2, 0.25) is 5.02 Å². The molecule has 6 nitrogen and oxygen atoms in total. The lowest BCUT2D eigenvalue weighted by atomic mass is 9.78. The van der Waals surface area contributed by atoms with Crippen LogP contribution in [0.3, 0.4) is 0 Å². The molecule has 0 saturated carbocycles. The van der Waals surface area contributed by atoms with Gasteiger partial charge in [-0.05, 0) is 56.4 Å². The molecule has 158 valence electrons. The molecule has 3 atom stereocenters. The van der Waals surface area contributed by atoms with E-state index < -0.39 is 11.6 Å². The summed E-state index contributed by atoms with van der Waals surface area (Å²) < 4.78 is 11.7. The minimum absolute atomic E-state index is 0.158. The lowest BCUT2D eigenvalue weighted by Gasteiger charge is -2.56. The van der Waals surface area contributed by atoms with Crippen LogP contribution in [-0.4, -0.2) is 41.9 Å². The maximum Gasteiger partial charge on any atom is 0.236 e. The largest absolute Gasteiger partial charge is 0.467 e. The highest BCUT2D eigenvalue weighted by atomic mass is 35.5. The van der Waals surface area contributed by atoms with Crippen molar-refractivity contribution >= 4 is 40.5 Å². The van der Waals surface area contributed by atoms with Crippen molar-refractivity contribution in [1.29, 1.82) is 0 Å². The number of nitrogens with zero attached hydrogens (tertiary/aromatic N) is 1. The molecule has 2 aromatic carbocycles. The zero-order chi connectivity index (χ0) is 21.5. The third-order valence-corrected chi connectivity index (χ3v) is 6.29. The van der Waals surface area contributed by atoms with Gasteiger partial charge in [0.1, 0.15) is 11.7 Å². The number of amides is 1. The van der Waals surface area contributed by atoms with E-state index >= 15 is 0 Å². The Kier molecular flexibility index (Phi) is 5.61. The number of ether oxygens (including phenoxy) is 2. The number of carbonyl (C=O) groups excluding carboxylic acids is 1. The Morgan fingerprint density at radius 2 is 2.07 bits per heavy atom. The van der Waals surface area contributed by atoms with E-state index in [1.54, 1.807) is 31.4 Å². The summed E-state index contributed by atoms with van der Waals surface area (Å²) in [6, 6.07) is 12.7. The molecule has 1 fully saturated rings. The summed E-state index contributed by atoms with van der Waals surface area (Å²) in [6.45, 7) is 4.88. The fourth-order valence-corrected chi connectivity index (χ4v) is 4.75. The second kappa shape index (κ2) is 8.06. The van der Waals surface area contributed by atoms with Gasteiger partial charge in [0.15, 0.2) is 10.8 Å². The van der Waals surface area contributed by atoms with Crippen molar-refractivity contribution in [1.82, 2.24) is 10.2 Å². The second-order valence-electron chi connectivity index (χ2n) is 7.74. The van der Waals surface area contributed by atoms with Gasteiger partial charge in [0.2, 0.25) is 5.91 Å². The van der Waals surface area contributed by atoms with Crippen LogP contribution in [0.1, 0.15) is 24.1 Å². The van der Waals surface area contributed by atoms with Gasteiger partial charge in [-0.2, -0.15) is 0 Å². The van der Waals surface area contributed by atoms with Crippen LogP contribution in [0, 0.1) is 12.8 Å². The quantitative estimate of drug-likeness (QED) is 0.681. The molecule has 2 N–H and O–H groups in total. The molecule has 30 heavy (non-hydrogen) atoms. The average molecular weight is 446 g/mol. The van der Waals surface area contributed by atoms with Crippen LogP contribution in [0.25, 0.3) is 0 Å². The average Bonchev–Trinajstić information content (AvgIpc) is 2.70. The van der Waals surface area contributed by atoms with Crippen LogP contribution < -0.4 is 15.4 Å². The van der Waals surface area contributed by atoms with Crippen molar-refractivity contribution in [2.75, 3.05) is 25.6 Å². The molecule has 8 heteroatoms. The van der Waals surface area contributed by atoms with E-state index in [0.717, 1.165) is 16.9 Å². The van der Waals surface area contributed by atoms with Gasteiger partial charge in [0.25, 0.3) is 0 Å². The maximum absolute atomic E-state index is 13.5. The molecule has 2 aliphatic heterocycles. The molecule has 0 unspecified atom stereocenters. The first kappa shape index (κ1) is 20.9. The number of benzene rings is 2. The van der Waals surface area contributed by atoms with Gasteiger partial charge in [-0.1, -0.05) is 29.3 Å². The van der Waals surface area contributed by atoms with Crippen LogP contribution in [0.15, 0.2) is 42.5 Å². The Morgan fingerprint density at radius 3 is 2.77 bits per heavy atom. The summed E-state index contributed by atoms with van der Waals surface area (Å²) in [4.78, 5) is 15.4. The molecule has 1 amide bonds. The van der Waals surface area contributed by atoms with E-state index in [0.29, 0.717) is 29.0 Å². The maximum atomic E-state index is 13.5. The Morgan fingerprint density at radius 1 is 1.33 bits per heavy atom. The van der Waals surface area contributed by atoms with Crippen LogP contribution in [0.5, 0.6) is 5.75 Å². The normalized spacial score (nSPS) is 24.5. The molecule has 2 heterocycles. The Bertz CT molecular complexity index is 984. The number of hydrogen-bond acceptors (Lipinski definition) is 4. The first-order chi connectivity index (χ1) is 14.3. The van der Waals surface area contributed by atoms with E-state index in [9.17, 15) is 4.79 Å². The Balaban J connectivity index is 1.75. The summed E-state index contributed by atoms with van der Waals surface area (Å²) in [5.74, 6) is 0.0430. The number of fused-ring (bicyclic) bond motifs is 4. The van der Waals surface area contributed by atoms with E-state index in [1.807, 2.05) is 36.9 Å². The molecule has 1 saturated heterocycles. The number of anilines is 1. The molecular weight excluding hydrogens is 422 g/mol. The van der Waals surface area contributed by atoms with Crippen LogP contribution in [0.4, 0.5) is 5.69 Å². The Hall–Kier alpha value is -2.35. The van der Waals surface area contributed by atoms with Gasteiger partial charge < -0.3 is 25.0 Å². The van der Waals surface area contributed by atoms with Gasteiger partial charge in [0, 0.05) is 29.9 Å². The molecule has 4 rings (SSSR count). The van der Waals surface area contributed by atoms with E-state index in [-0.39, 0.29) is 11.9 Å². The van der Waals surface area contributed by atoms with Gasteiger partial charge >= 0.3 is 0 Å². The number of rotatable bonds is 5. The zero-order valence-electron chi connectivity index (χ0n) is 17.1. The number of halogens is 1. The fourth-order valence-electron chi connectivity index (χ4n) is 4.23. The number of aryl methyl sites for hydroxylation is 1. The van der Waals surface area contributed by atoms with E-state index in [4.69, 9.17) is 33.3 Å². The number of methoxy groups -OCH3 is 1. The van der Waals surface area contributed by atoms with Crippen molar-refractivity contribution in [3.05, 3.63) is 58.6 Å². The van der Waals surface area contributed by atoms with Gasteiger partial charge in [-0.25, -0.2) is 0 Å². The first-order valence-corrected chi connectivity index (χ1v) is 10.5. The molecule has 0 spiro atoms. The highest BCUT2D eigenvalue weighted by Crippen LogP contribution is 2.48. The number of hydrogen-bond donors (Lipinski definition) is 2. The second-order valence-corrected chi connectivity index (χ2v) is 8.57. The number of nitrogens with one attached hydrogen (secondary N) is 2. The molecule has 0 aromatic heterocycles. The van der Waals surface area contributed by atoms with Crippen molar-refractivity contribution in [2.24, 2.45) is 5.92 Å². The standard InChI is InChI=1S/C22H24ClN3O3S/c1-13-4-9-17-16(12-13)19-18(20(27)24-15-7-5-14(23)6-8-15)22(2,29-17)26(10-11-28-3)21(30)25-19/h4-9,12,18-19H,10-11H2,1-3H3,(H,24,27)(H,25,30)/t18-,19-,22-/m0/s1. The number of carbonyl (C=O) groups is 1. The summed E-state index contributed by atoms with van der Waals surface area (Å²) in [6.07, 6.45) is 0. The van der Waals surface area contributed by atoms with E-state index in [1.165, 1.54) is 0 Å². The predicted molar refractivity (Wildman–Crippen MR) is 121 cm³/mol. The molecule has 2 bridgehead atoms. The third-order valence-electron chi connectivity index (χ3n) is 5.70. The van der Waals surface area contributed by atoms with Gasteiger partial charge in [-0.3, -0.25) is 4.79 Å². The van der Waals surface area contributed by atoms with E-state index in [2.05, 4.69) is 10.6 Å². The molecule has 2 aliphatic rings. The lowest BCUT2D eigenvalue weighted by Crippen LogP contribution is -2.72.